The van der Waals surface area contributed by atoms with E-state index in [1.165, 1.54) is 18.9 Å². The molecule has 4 aromatic rings. The summed E-state index contributed by atoms with van der Waals surface area (Å²) in [5.41, 5.74) is 1.88. The van der Waals surface area contributed by atoms with Crippen LogP contribution in [0.5, 0.6) is 11.5 Å². The van der Waals surface area contributed by atoms with E-state index in [-0.39, 0.29) is 17.4 Å². The first-order valence-corrected chi connectivity index (χ1v) is 8.94. The lowest BCUT2D eigenvalue weighted by Crippen LogP contribution is -1.79. The zero-order valence-electron chi connectivity index (χ0n) is 15.9. The third kappa shape index (κ3) is 4.67. The Bertz CT molecular complexity index is 958. The third-order valence-corrected chi connectivity index (χ3v) is 3.34. The fourth-order valence-electron chi connectivity index (χ4n) is 2.35. The molecule has 0 amide bonds. The molecular formula is C21H24N2O4. The highest BCUT2D eigenvalue weighted by Gasteiger charge is 2.16. The lowest BCUT2D eigenvalue weighted by Gasteiger charge is -1.99. The van der Waals surface area contributed by atoms with Crippen molar-refractivity contribution in [1.29, 1.82) is 0 Å². The van der Waals surface area contributed by atoms with Gasteiger partial charge in [-0.1, -0.05) is 34.1 Å². The van der Waals surface area contributed by atoms with Gasteiger partial charge in [-0.05, 0) is 42.5 Å². The van der Waals surface area contributed by atoms with Gasteiger partial charge in [0, 0.05) is 10.9 Å². The van der Waals surface area contributed by atoms with Gasteiger partial charge in [-0.15, -0.1) is 10.2 Å². The predicted octanol–water partition coefficient (Wildman–Crippen LogP) is 6.00. The molecule has 27 heavy (non-hydrogen) atoms. The first-order valence-electron chi connectivity index (χ1n) is 8.94. The summed E-state index contributed by atoms with van der Waals surface area (Å²) in [5, 5.41) is 27.4. The molecule has 4 rings (SSSR count). The molecule has 0 fully saturated rings. The van der Waals surface area contributed by atoms with Crippen LogP contribution < -0.4 is 0 Å². The van der Waals surface area contributed by atoms with Crippen LogP contribution in [-0.4, -0.2) is 20.4 Å². The number of rotatable bonds is 2. The van der Waals surface area contributed by atoms with Gasteiger partial charge in [-0.25, -0.2) is 0 Å². The number of hydrogen-bond acceptors (Lipinski definition) is 6. The number of hydrogen-bond donors (Lipinski definition) is 2. The van der Waals surface area contributed by atoms with Gasteiger partial charge in [0.05, 0.1) is 5.56 Å². The Kier molecular flexibility index (Phi) is 7.00. The zero-order valence-corrected chi connectivity index (χ0v) is 15.9. The topological polar surface area (TPSA) is 92.5 Å². The van der Waals surface area contributed by atoms with E-state index >= 15 is 0 Å². The SMILES string of the molecule is CC.CCC.Oc1ccc(-c2cc3cc(O)cc(-c4nnco4)c3o2)cc1. The average molecular weight is 368 g/mol. The minimum absolute atomic E-state index is 0.0822. The predicted molar refractivity (Wildman–Crippen MR) is 106 cm³/mol. The van der Waals surface area contributed by atoms with Crippen molar-refractivity contribution in [3.63, 3.8) is 0 Å². The fourth-order valence-corrected chi connectivity index (χ4v) is 2.35. The van der Waals surface area contributed by atoms with Gasteiger partial charge in [-0.3, -0.25) is 0 Å². The summed E-state index contributed by atoms with van der Waals surface area (Å²) >= 11 is 0. The number of phenolic OH excluding ortho intramolecular Hbond substituents is 2. The Morgan fingerprint density at radius 2 is 1.59 bits per heavy atom. The maximum absolute atomic E-state index is 9.86. The first-order chi connectivity index (χ1) is 13.1. The van der Waals surface area contributed by atoms with Crippen molar-refractivity contribution in [1.82, 2.24) is 10.2 Å². The number of furan rings is 1. The molecule has 0 aliphatic carbocycles. The number of nitrogens with zero attached hydrogens (tertiary/aromatic N) is 2. The van der Waals surface area contributed by atoms with E-state index in [2.05, 4.69) is 24.0 Å². The van der Waals surface area contributed by atoms with E-state index in [1.54, 1.807) is 36.4 Å². The largest absolute Gasteiger partial charge is 0.508 e. The molecule has 6 heteroatoms. The Labute approximate surface area is 158 Å². The van der Waals surface area contributed by atoms with Crippen LogP contribution in [0.1, 0.15) is 34.1 Å². The van der Waals surface area contributed by atoms with Gasteiger partial charge >= 0.3 is 0 Å². The van der Waals surface area contributed by atoms with Crippen LogP contribution in [0.3, 0.4) is 0 Å². The summed E-state index contributed by atoms with van der Waals surface area (Å²) in [6, 6.07) is 11.6. The molecule has 0 unspecified atom stereocenters. The van der Waals surface area contributed by atoms with Crippen molar-refractivity contribution in [2.75, 3.05) is 0 Å². The minimum Gasteiger partial charge on any atom is -0.508 e. The van der Waals surface area contributed by atoms with E-state index in [4.69, 9.17) is 8.83 Å². The molecule has 2 aromatic carbocycles. The maximum Gasteiger partial charge on any atom is 0.251 e. The van der Waals surface area contributed by atoms with Crippen molar-refractivity contribution < 1.29 is 19.0 Å². The van der Waals surface area contributed by atoms with Gasteiger partial charge in [-0.2, -0.15) is 0 Å². The second-order valence-electron chi connectivity index (χ2n) is 5.52. The smallest absolute Gasteiger partial charge is 0.251 e. The van der Waals surface area contributed by atoms with Crippen LogP contribution >= 0.6 is 0 Å². The van der Waals surface area contributed by atoms with Crippen LogP contribution in [0.2, 0.25) is 0 Å². The molecule has 2 N–H and O–H groups in total. The fraction of sp³-hybridized carbons (Fsp3) is 0.238. The van der Waals surface area contributed by atoms with E-state index in [0.717, 1.165) is 10.9 Å². The molecule has 0 radical (unpaired) electrons. The normalized spacial score (nSPS) is 9.93. The zero-order chi connectivity index (χ0) is 19.8. The standard InChI is InChI=1S/C16H10N2O4.C3H8.C2H6/c19-11-3-1-9(2-4-11)14-6-10-5-12(20)7-13(15(10)22-14)16-18-17-8-21-16;1-3-2;1-2/h1-8,19-20H;3H2,1-2H3;1-2H3. The van der Waals surface area contributed by atoms with Crippen LogP contribution in [0.15, 0.2) is 57.7 Å². The monoisotopic (exact) mass is 368 g/mol. The molecule has 0 aliphatic rings. The molecule has 6 nitrogen and oxygen atoms in total. The molecule has 0 bridgehead atoms. The molecule has 0 saturated heterocycles. The van der Waals surface area contributed by atoms with Crippen LogP contribution in [-0.2, 0) is 0 Å². The Hall–Kier alpha value is -3.28. The van der Waals surface area contributed by atoms with Gasteiger partial charge in [0.25, 0.3) is 5.89 Å². The molecule has 0 atom stereocenters. The Morgan fingerprint density at radius 1 is 0.926 bits per heavy atom. The second-order valence-corrected chi connectivity index (χ2v) is 5.52. The number of aromatic nitrogens is 2. The van der Waals surface area contributed by atoms with Crippen LogP contribution in [0.25, 0.3) is 33.7 Å². The Balaban J connectivity index is 0.000000478. The highest BCUT2D eigenvalue weighted by atomic mass is 16.4. The molecular weight excluding hydrogens is 344 g/mol. The molecule has 0 spiro atoms. The van der Waals surface area contributed by atoms with Crippen LogP contribution in [0, 0.1) is 0 Å². The highest BCUT2D eigenvalue weighted by Crippen LogP contribution is 2.36. The molecule has 2 aromatic heterocycles. The quantitative estimate of drug-likeness (QED) is 0.450. The van der Waals surface area contributed by atoms with Crippen molar-refractivity contribution in [2.45, 2.75) is 34.1 Å². The minimum atomic E-state index is 0.0822. The van der Waals surface area contributed by atoms with Crippen molar-refractivity contribution in [2.24, 2.45) is 0 Å². The van der Waals surface area contributed by atoms with Gasteiger partial charge in [0.2, 0.25) is 6.39 Å². The average Bonchev–Trinajstić information content (AvgIpc) is 3.34. The summed E-state index contributed by atoms with van der Waals surface area (Å²) in [6.07, 6.45) is 2.47. The van der Waals surface area contributed by atoms with E-state index < -0.39 is 0 Å². The van der Waals surface area contributed by atoms with Gasteiger partial charge in [0.15, 0.2) is 0 Å². The van der Waals surface area contributed by atoms with E-state index in [9.17, 15) is 10.2 Å². The first kappa shape index (κ1) is 20.0. The second kappa shape index (κ2) is 9.43. The third-order valence-electron chi connectivity index (χ3n) is 3.34. The summed E-state index contributed by atoms with van der Waals surface area (Å²) < 4.78 is 11.1. The van der Waals surface area contributed by atoms with Crippen molar-refractivity contribution >= 4 is 11.0 Å². The maximum atomic E-state index is 9.86. The molecule has 2 heterocycles. The molecule has 142 valence electrons. The van der Waals surface area contributed by atoms with Gasteiger partial charge in [0.1, 0.15) is 22.8 Å². The molecule has 0 saturated carbocycles. The summed E-state index contributed by atoms with van der Waals surface area (Å²) in [6.45, 7) is 8.25. The lowest BCUT2D eigenvalue weighted by molar-refractivity contribution is 0.474. The highest BCUT2D eigenvalue weighted by molar-refractivity contribution is 5.94. The van der Waals surface area contributed by atoms with Gasteiger partial charge < -0.3 is 19.0 Å². The Morgan fingerprint density at radius 3 is 2.19 bits per heavy atom. The summed E-state index contributed by atoms with van der Waals surface area (Å²) in [4.78, 5) is 0. The van der Waals surface area contributed by atoms with Crippen molar-refractivity contribution in [3.8, 4) is 34.3 Å². The lowest BCUT2D eigenvalue weighted by atomic mass is 10.1. The molecule has 0 aliphatic heterocycles. The van der Waals surface area contributed by atoms with E-state index in [0.29, 0.717) is 16.9 Å². The number of fused-ring (bicyclic) bond motifs is 1. The number of aromatic hydroxyl groups is 2. The summed E-state index contributed by atoms with van der Waals surface area (Å²) in [5.74, 6) is 1.15. The van der Waals surface area contributed by atoms with Crippen molar-refractivity contribution in [3.05, 3.63) is 48.9 Å². The van der Waals surface area contributed by atoms with Crippen LogP contribution in [0.4, 0.5) is 0 Å². The summed E-state index contributed by atoms with van der Waals surface area (Å²) in [7, 11) is 0. The number of phenols is 2. The number of benzene rings is 2. The van der Waals surface area contributed by atoms with E-state index in [1.807, 2.05) is 13.8 Å².